The van der Waals surface area contributed by atoms with Crippen LogP contribution in [0.15, 0.2) is 11.6 Å². The van der Waals surface area contributed by atoms with E-state index in [-0.39, 0.29) is 5.78 Å². The highest BCUT2D eigenvalue weighted by Crippen LogP contribution is 1.76. The van der Waals surface area contributed by atoms with E-state index in [1.807, 2.05) is 0 Å². The molecule has 0 aliphatic rings. The van der Waals surface area contributed by atoms with Crippen LogP contribution in [-0.4, -0.2) is 5.78 Å². The summed E-state index contributed by atoms with van der Waals surface area (Å²) in [7, 11) is 0. The van der Waals surface area contributed by atoms with Gasteiger partial charge < -0.3 is 0 Å². The van der Waals surface area contributed by atoms with Crippen LogP contribution < -0.4 is 0 Å². The van der Waals surface area contributed by atoms with Crippen molar-refractivity contribution in [1.82, 2.24) is 0 Å². The van der Waals surface area contributed by atoms with Crippen LogP contribution >= 0.6 is 11.6 Å². The smallest absolute Gasteiger partial charge is 0.153 e. The third kappa shape index (κ3) is 3.70. The highest BCUT2D eigenvalue weighted by atomic mass is 35.5. The van der Waals surface area contributed by atoms with Crippen molar-refractivity contribution in [2.24, 2.45) is 0 Å². The molecule has 0 saturated carbocycles. The third-order valence-corrected chi connectivity index (χ3v) is 0.424. The summed E-state index contributed by atoms with van der Waals surface area (Å²) in [6, 6.07) is 0. The number of rotatable bonds is 1. The summed E-state index contributed by atoms with van der Waals surface area (Å²) < 4.78 is 0. The molecule has 0 aromatic carbocycles. The molecule has 1 nitrogen and oxygen atoms in total. The summed E-state index contributed by atoms with van der Waals surface area (Å²) in [5.41, 5.74) is 1.20. The SMILES string of the molecule is CC(=O)/C=C/Cl. The van der Waals surface area contributed by atoms with Gasteiger partial charge in [-0.15, -0.1) is 0 Å². The lowest BCUT2D eigenvalue weighted by atomic mass is 10.5. The Kier molecular flexibility index (Phi) is 2.77. The van der Waals surface area contributed by atoms with Gasteiger partial charge in [0.1, 0.15) is 0 Å². The van der Waals surface area contributed by atoms with Crippen molar-refractivity contribution in [3.8, 4) is 0 Å². The van der Waals surface area contributed by atoms with Gasteiger partial charge >= 0.3 is 0 Å². The van der Waals surface area contributed by atoms with Crippen LogP contribution in [0.1, 0.15) is 6.92 Å². The van der Waals surface area contributed by atoms with Gasteiger partial charge in [0.05, 0.1) is 0 Å². The van der Waals surface area contributed by atoms with Crippen LogP contribution in [-0.2, 0) is 4.79 Å². The number of halogens is 1. The van der Waals surface area contributed by atoms with E-state index >= 15 is 0 Å². The van der Waals surface area contributed by atoms with Crippen LogP contribution in [0.3, 0.4) is 0 Å². The van der Waals surface area contributed by atoms with E-state index < -0.39 is 0 Å². The summed E-state index contributed by atoms with van der Waals surface area (Å²) >= 11 is 5.00. The van der Waals surface area contributed by atoms with Crippen LogP contribution in [0.4, 0.5) is 0 Å². The van der Waals surface area contributed by atoms with Crippen molar-refractivity contribution in [3.63, 3.8) is 0 Å². The second kappa shape index (κ2) is 2.91. The van der Waals surface area contributed by atoms with Gasteiger partial charge in [-0.3, -0.25) is 4.79 Å². The minimum atomic E-state index is -0.0231. The fourth-order valence-corrected chi connectivity index (χ4v) is 0.266. The molecule has 0 aliphatic carbocycles. The second-order valence-electron chi connectivity index (χ2n) is 0.903. The summed E-state index contributed by atoms with van der Waals surface area (Å²) in [5, 5.41) is 0. The molecule has 6 heavy (non-hydrogen) atoms. The third-order valence-electron chi connectivity index (χ3n) is 0.298. The number of hydrogen-bond acceptors (Lipinski definition) is 1. The summed E-state index contributed by atoms with van der Waals surface area (Å²) in [6.45, 7) is 1.44. The number of carbonyl (C=O) groups is 1. The minimum Gasteiger partial charge on any atom is -0.295 e. The molecule has 0 fully saturated rings. The first kappa shape index (κ1) is 5.70. The minimum absolute atomic E-state index is 0.0231. The average Bonchev–Trinajstić information content (AvgIpc) is 1.35. The molecule has 0 bridgehead atoms. The van der Waals surface area contributed by atoms with Crippen molar-refractivity contribution in [2.45, 2.75) is 6.92 Å². The molecule has 0 aliphatic heterocycles. The Morgan fingerprint density at radius 2 is 2.33 bits per heavy atom. The monoisotopic (exact) mass is 104 g/mol. The largest absolute Gasteiger partial charge is 0.295 e. The average molecular weight is 105 g/mol. The molecule has 0 unspecified atom stereocenters. The Balaban J connectivity index is 3.30. The van der Waals surface area contributed by atoms with Gasteiger partial charge in [-0.25, -0.2) is 0 Å². The number of allylic oxidation sites excluding steroid dienone is 1. The zero-order valence-electron chi connectivity index (χ0n) is 3.44. The van der Waals surface area contributed by atoms with E-state index in [0.717, 1.165) is 0 Å². The van der Waals surface area contributed by atoms with Crippen molar-refractivity contribution in [1.29, 1.82) is 0 Å². The van der Waals surface area contributed by atoms with E-state index in [9.17, 15) is 4.79 Å². The molecular weight excluding hydrogens is 99.5 g/mol. The zero-order chi connectivity index (χ0) is 4.99. The van der Waals surface area contributed by atoms with E-state index in [2.05, 4.69) is 0 Å². The highest BCUT2D eigenvalue weighted by molar-refractivity contribution is 6.26. The fourth-order valence-electron chi connectivity index (χ4n) is 0.0887. The molecule has 0 aromatic heterocycles. The Bertz CT molecular complexity index is 75.6. The zero-order valence-corrected chi connectivity index (χ0v) is 4.20. The van der Waals surface area contributed by atoms with Gasteiger partial charge in [0.25, 0.3) is 0 Å². The maximum absolute atomic E-state index is 9.87. The molecule has 0 amide bonds. The molecular formula is C4H5ClO. The van der Waals surface area contributed by atoms with Gasteiger partial charge in [-0.1, -0.05) is 11.6 Å². The van der Waals surface area contributed by atoms with Gasteiger partial charge in [0.15, 0.2) is 5.78 Å². The Hall–Kier alpha value is -0.300. The van der Waals surface area contributed by atoms with Crippen LogP contribution in [0, 0.1) is 0 Å². The lowest BCUT2D eigenvalue weighted by molar-refractivity contribution is -0.112. The quantitative estimate of drug-likeness (QED) is 0.459. The summed E-state index contributed by atoms with van der Waals surface area (Å²) in [6.07, 6.45) is 1.29. The standard InChI is InChI=1S/C4H5ClO/c1-4(6)2-3-5/h2-3H,1H3/b3-2+. The van der Waals surface area contributed by atoms with Gasteiger partial charge in [0.2, 0.25) is 0 Å². The molecule has 0 heterocycles. The molecule has 0 N–H and O–H groups in total. The lowest BCUT2D eigenvalue weighted by Gasteiger charge is -1.66. The van der Waals surface area contributed by atoms with Gasteiger partial charge in [-0.05, 0) is 13.0 Å². The molecule has 0 atom stereocenters. The Morgan fingerprint density at radius 3 is 2.33 bits per heavy atom. The number of ketones is 1. The normalized spacial score (nSPS) is 9.67. The van der Waals surface area contributed by atoms with Crippen LogP contribution in [0.5, 0.6) is 0 Å². The number of hydrogen-bond donors (Lipinski definition) is 0. The van der Waals surface area contributed by atoms with Crippen molar-refractivity contribution in [2.75, 3.05) is 0 Å². The first-order chi connectivity index (χ1) is 2.77. The van der Waals surface area contributed by atoms with Crippen molar-refractivity contribution in [3.05, 3.63) is 11.6 Å². The summed E-state index contributed by atoms with van der Waals surface area (Å²) in [5.74, 6) is -0.0231. The molecule has 34 valence electrons. The maximum Gasteiger partial charge on any atom is 0.153 e. The van der Waals surface area contributed by atoms with E-state index in [1.165, 1.54) is 18.5 Å². The molecule has 0 rings (SSSR count). The van der Waals surface area contributed by atoms with Crippen LogP contribution in [0.25, 0.3) is 0 Å². The van der Waals surface area contributed by atoms with Crippen molar-refractivity contribution < 1.29 is 4.79 Å². The van der Waals surface area contributed by atoms with Gasteiger partial charge in [-0.2, -0.15) is 0 Å². The fraction of sp³-hybridized carbons (Fsp3) is 0.250. The second-order valence-corrected chi connectivity index (χ2v) is 1.16. The van der Waals surface area contributed by atoms with Crippen LogP contribution in [0.2, 0.25) is 0 Å². The predicted molar refractivity (Wildman–Crippen MR) is 25.7 cm³/mol. The number of carbonyl (C=O) groups excluding carboxylic acids is 1. The molecule has 0 saturated heterocycles. The van der Waals surface area contributed by atoms with E-state index in [4.69, 9.17) is 11.6 Å². The van der Waals surface area contributed by atoms with Crippen molar-refractivity contribution >= 4 is 17.4 Å². The van der Waals surface area contributed by atoms with Gasteiger partial charge in [0, 0.05) is 5.54 Å². The van der Waals surface area contributed by atoms with E-state index in [0.29, 0.717) is 0 Å². The Labute approximate surface area is 41.6 Å². The predicted octanol–water partition coefficient (Wildman–Crippen LogP) is 1.33. The molecule has 0 spiro atoms. The maximum atomic E-state index is 9.87. The van der Waals surface area contributed by atoms with E-state index in [1.54, 1.807) is 0 Å². The Morgan fingerprint density at radius 1 is 1.83 bits per heavy atom. The molecule has 0 aromatic rings. The highest BCUT2D eigenvalue weighted by Gasteiger charge is 1.74. The topological polar surface area (TPSA) is 17.1 Å². The first-order valence-electron chi connectivity index (χ1n) is 1.54. The lowest BCUT2D eigenvalue weighted by Crippen LogP contribution is -1.75. The first-order valence-corrected chi connectivity index (χ1v) is 1.98. The molecule has 0 radical (unpaired) electrons. The summed E-state index contributed by atoms with van der Waals surface area (Å²) in [4.78, 5) is 9.87. The molecule has 2 heteroatoms.